The number of nitrogens with two attached hydrogens (primary N) is 1. The van der Waals surface area contributed by atoms with Crippen molar-refractivity contribution in [2.24, 2.45) is 5.73 Å². The van der Waals surface area contributed by atoms with Crippen molar-refractivity contribution in [2.45, 2.75) is 6.92 Å². The molecule has 13 heavy (non-hydrogen) atoms. The fraction of sp³-hybridized carbons (Fsp3) is 0.222. The lowest BCUT2D eigenvalue weighted by atomic mass is 10.3. The van der Waals surface area contributed by atoms with E-state index < -0.39 is 5.97 Å². The molecule has 0 radical (unpaired) electrons. The van der Waals surface area contributed by atoms with Crippen LogP contribution in [0.3, 0.4) is 0 Å². The van der Waals surface area contributed by atoms with Gasteiger partial charge in [0.05, 0.1) is 24.6 Å². The molecule has 0 unspecified atom stereocenters. The molecule has 0 spiro atoms. The molecule has 1 aromatic rings. The molecule has 1 aromatic heterocycles. The van der Waals surface area contributed by atoms with Gasteiger partial charge >= 0.3 is 5.97 Å². The first-order valence-electron chi connectivity index (χ1n) is 3.92. The maximum Gasteiger partial charge on any atom is 0.332 e. The van der Waals surface area contributed by atoms with Gasteiger partial charge in [-0.3, -0.25) is 0 Å². The lowest BCUT2D eigenvalue weighted by Gasteiger charge is -1.97. The quantitative estimate of drug-likeness (QED) is 0.561. The van der Waals surface area contributed by atoms with E-state index in [1.165, 1.54) is 12.3 Å². The number of hydrogen-bond acceptors (Lipinski definition) is 4. The summed E-state index contributed by atoms with van der Waals surface area (Å²) in [7, 11) is 0. The van der Waals surface area contributed by atoms with Crippen molar-refractivity contribution < 1.29 is 13.9 Å². The predicted molar refractivity (Wildman–Crippen MR) is 47.5 cm³/mol. The molecule has 4 nitrogen and oxygen atoms in total. The molecule has 0 amide bonds. The van der Waals surface area contributed by atoms with Gasteiger partial charge < -0.3 is 14.9 Å². The number of hydrogen-bond donors (Lipinski definition) is 1. The van der Waals surface area contributed by atoms with Gasteiger partial charge in [-0.2, -0.15) is 0 Å². The molecule has 0 atom stereocenters. The fourth-order valence-electron chi connectivity index (χ4n) is 0.825. The Bertz CT molecular complexity index is 301. The van der Waals surface area contributed by atoms with E-state index in [0.717, 1.165) is 0 Å². The molecular formula is C9H11NO3. The highest BCUT2D eigenvalue weighted by molar-refractivity contribution is 5.89. The van der Waals surface area contributed by atoms with E-state index >= 15 is 0 Å². The van der Waals surface area contributed by atoms with Gasteiger partial charge in [0, 0.05) is 0 Å². The summed E-state index contributed by atoms with van der Waals surface area (Å²) in [6, 6.07) is 3.37. The average molecular weight is 181 g/mol. The van der Waals surface area contributed by atoms with Crippen molar-refractivity contribution in [1.82, 2.24) is 0 Å². The summed E-state index contributed by atoms with van der Waals surface area (Å²) in [5.41, 5.74) is 5.80. The van der Waals surface area contributed by atoms with Gasteiger partial charge in [0.15, 0.2) is 0 Å². The molecule has 0 fully saturated rings. The number of ether oxygens (including phenoxy) is 1. The van der Waals surface area contributed by atoms with Crippen molar-refractivity contribution in [1.29, 1.82) is 0 Å². The second kappa shape index (κ2) is 4.35. The van der Waals surface area contributed by atoms with Crippen LogP contribution in [0, 0.1) is 0 Å². The highest BCUT2D eigenvalue weighted by Gasteiger charge is 2.02. The molecule has 2 N–H and O–H groups in total. The summed E-state index contributed by atoms with van der Waals surface area (Å²) in [5.74, 6) is 0.00412. The van der Waals surface area contributed by atoms with Gasteiger partial charge in [0.25, 0.3) is 0 Å². The minimum atomic E-state index is -0.462. The normalized spacial score (nSPS) is 11.3. The second-order valence-electron chi connectivity index (χ2n) is 2.33. The van der Waals surface area contributed by atoms with Gasteiger partial charge in [-0.1, -0.05) is 0 Å². The van der Waals surface area contributed by atoms with E-state index in [4.69, 9.17) is 10.2 Å². The first kappa shape index (κ1) is 9.38. The monoisotopic (exact) mass is 181 g/mol. The van der Waals surface area contributed by atoms with Crippen molar-refractivity contribution in [3.8, 4) is 0 Å². The van der Waals surface area contributed by atoms with Gasteiger partial charge in [0.1, 0.15) is 5.76 Å². The van der Waals surface area contributed by atoms with Crippen LogP contribution >= 0.6 is 0 Å². The maximum atomic E-state index is 10.9. The summed E-state index contributed by atoms with van der Waals surface area (Å²) in [4.78, 5) is 10.9. The van der Waals surface area contributed by atoms with Gasteiger partial charge in [-0.05, 0) is 19.1 Å². The summed E-state index contributed by atoms with van der Waals surface area (Å²) >= 11 is 0. The molecule has 70 valence electrons. The molecule has 0 aromatic carbocycles. The Labute approximate surface area is 76.0 Å². The van der Waals surface area contributed by atoms with Crippen molar-refractivity contribution in [3.63, 3.8) is 0 Å². The lowest BCUT2D eigenvalue weighted by molar-refractivity contribution is -0.137. The number of carbonyl (C=O) groups excluding carboxylic acids is 1. The van der Waals surface area contributed by atoms with Crippen LogP contribution in [0.4, 0.5) is 0 Å². The molecular weight excluding hydrogens is 170 g/mol. The lowest BCUT2D eigenvalue weighted by Crippen LogP contribution is -2.04. The Morgan fingerprint density at radius 3 is 3.08 bits per heavy atom. The standard InChI is InChI=1S/C9H11NO3/c1-2-12-9(11)6-7(10)8-4-3-5-13-8/h3-6H,2,10H2,1H3/b7-6-. The van der Waals surface area contributed by atoms with Gasteiger partial charge in [0.2, 0.25) is 0 Å². The minimum Gasteiger partial charge on any atom is -0.463 e. The van der Waals surface area contributed by atoms with Gasteiger partial charge in [-0.25, -0.2) is 4.79 Å². The summed E-state index contributed by atoms with van der Waals surface area (Å²) in [6.07, 6.45) is 2.68. The molecule has 1 rings (SSSR count). The third-order valence-corrected chi connectivity index (χ3v) is 1.37. The van der Waals surface area contributed by atoms with Gasteiger partial charge in [-0.15, -0.1) is 0 Å². The Balaban J connectivity index is 2.67. The van der Waals surface area contributed by atoms with E-state index in [1.54, 1.807) is 19.1 Å². The molecule has 0 saturated heterocycles. The summed E-state index contributed by atoms with van der Waals surface area (Å²) < 4.78 is 9.65. The van der Waals surface area contributed by atoms with Crippen LogP contribution in [0.2, 0.25) is 0 Å². The first-order chi connectivity index (χ1) is 6.24. The van der Waals surface area contributed by atoms with Crippen LogP contribution in [0.1, 0.15) is 12.7 Å². The molecule has 4 heteroatoms. The Kier molecular flexibility index (Phi) is 3.14. The van der Waals surface area contributed by atoms with Crippen LogP contribution in [-0.4, -0.2) is 12.6 Å². The topological polar surface area (TPSA) is 65.5 Å². The molecule has 0 saturated carbocycles. The van der Waals surface area contributed by atoms with Crippen LogP contribution in [0.25, 0.3) is 5.70 Å². The van der Waals surface area contributed by atoms with Crippen LogP contribution in [0.15, 0.2) is 28.9 Å². The average Bonchev–Trinajstić information content (AvgIpc) is 2.55. The van der Waals surface area contributed by atoms with E-state index in [2.05, 4.69) is 4.74 Å². The Morgan fingerprint density at radius 2 is 2.54 bits per heavy atom. The fourth-order valence-corrected chi connectivity index (χ4v) is 0.825. The zero-order valence-electron chi connectivity index (χ0n) is 7.32. The van der Waals surface area contributed by atoms with E-state index in [0.29, 0.717) is 12.4 Å². The number of furan rings is 1. The van der Waals surface area contributed by atoms with Crippen molar-refractivity contribution >= 4 is 11.7 Å². The largest absolute Gasteiger partial charge is 0.463 e. The van der Waals surface area contributed by atoms with E-state index in [1.807, 2.05) is 0 Å². The van der Waals surface area contributed by atoms with Crippen LogP contribution in [-0.2, 0) is 9.53 Å². The summed E-state index contributed by atoms with van der Waals surface area (Å²) in [6.45, 7) is 2.07. The highest BCUT2D eigenvalue weighted by atomic mass is 16.5. The van der Waals surface area contributed by atoms with E-state index in [9.17, 15) is 4.79 Å². The van der Waals surface area contributed by atoms with Crippen LogP contribution in [0.5, 0.6) is 0 Å². The molecule has 0 aliphatic carbocycles. The molecule has 1 heterocycles. The third-order valence-electron chi connectivity index (χ3n) is 1.37. The predicted octanol–water partition coefficient (Wildman–Crippen LogP) is 1.14. The Morgan fingerprint density at radius 1 is 1.77 bits per heavy atom. The second-order valence-corrected chi connectivity index (χ2v) is 2.33. The van der Waals surface area contributed by atoms with Crippen molar-refractivity contribution in [3.05, 3.63) is 30.2 Å². The smallest absolute Gasteiger partial charge is 0.332 e. The third kappa shape index (κ3) is 2.66. The van der Waals surface area contributed by atoms with Crippen molar-refractivity contribution in [2.75, 3.05) is 6.61 Å². The number of carbonyl (C=O) groups is 1. The zero-order valence-corrected chi connectivity index (χ0v) is 7.32. The number of esters is 1. The SMILES string of the molecule is CCOC(=O)/C=C(\N)c1ccco1. The number of rotatable bonds is 3. The zero-order chi connectivity index (χ0) is 9.68. The highest BCUT2D eigenvalue weighted by Crippen LogP contribution is 2.08. The molecule has 0 aliphatic heterocycles. The molecule has 0 aliphatic rings. The van der Waals surface area contributed by atoms with Crippen LogP contribution < -0.4 is 5.73 Å². The molecule has 0 bridgehead atoms. The first-order valence-corrected chi connectivity index (χ1v) is 3.92. The maximum absolute atomic E-state index is 10.9. The Hall–Kier alpha value is -1.71. The van der Waals surface area contributed by atoms with E-state index in [-0.39, 0.29) is 5.70 Å². The minimum absolute atomic E-state index is 0.267. The summed E-state index contributed by atoms with van der Waals surface area (Å²) in [5, 5.41) is 0.